The Kier molecular flexibility index (Phi) is 35.3. The van der Waals surface area contributed by atoms with Crippen LogP contribution in [0.2, 0.25) is 0 Å². The molecule has 1 aliphatic carbocycles. The fraction of sp³-hybridized carbons (Fsp3) is 0.880. The molecule has 0 aromatic rings. The number of carbonyl (C=O) groups excluding carboxylic acids is 2. The van der Waals surface area contributed by atoms with Crippen LogP contribution < -0.4 is 0 Å². The predicted molar refractivity (Wildman–Crippen MR) is 254 cm³/mol. The lowest BCUT2D eigenvalue weighted by Gasteiger charge is -2.24. The van der Waals surface area contributed by atoms with Crippen molar-refractivity contribution in [1.82, 2.24) is 0 Å². The second-order valence-corrected chi connectivity index (χ2v) is 20.6. The van der Waals surface area contributed by atoms with Gasteiger partial charge in [-0.2, -0.15) is 0 Å². The minimum Gasteiger partial charge on any atom is -0.462 e. The van der Waals surface area contributed by atoms with E-state index in [0.29, 0.717) is 49.6 Å². The lowest BCUT2D eigenvalue weighted by atomic mass is 9.89. The number of aliphatic hydroxyl groups excluding tert-OH is 3. The van der Waals surface area contributed by atoms with E-state index in [9.17, 15) is 34.4 Å². The number of phosphoric acid groups is 1. The largest absolute Gasteiger partial charge is 0.472 e. The predicted octanol–water partition coefficient (Wildman–Crippen LogP) is 11.1. The molecule has 1 saturated carbocycles. The standard InChI is InChI=1S/C50H94NO11P/c1-6-8-10-11-12-13-14-15-16-17-18-19-20-21-22-23-24-25-30-34-49(55)59-41-44(42-61-63(57,58)60-39-38-51(3,4)5)62-50(56)35-31-27-26-29-33-45-46(48(54)40-47(45)53)37-36-43(52)32-28-9-7-2/h26,29,36-37,43-48,52-54H,6-25,27-28,30-35,38-42H2,1-5H3/p+1/b29-26+,37-36+/t43-,44+,45+,46+,47-,48+/m0/s1. The first-order valence-electron chi connectivity index (χ1n) is 25.3. The zero-order valence-corrected chi connectivity index (χ0v) is 41.5. The Morgan fingerprint density at radius 3 is 1.76 bits per heavy atom. The van der Waals surface area contributed by atoms with Gasteiger partial charge in [-0.25, -0.2) is 4.57 Å². The van der Waals surface area contributed by atoms with E-state index in [1.165, 1.54) is 96.3 Å². The van der Waals surface area contributed by atoms with Crippen molar-refractivity contribution < 1.29 is 57.4 Å². The van der Waals surface area contributed by atoms with Gasteiger partial charge in [0.15, 0.2) is 6.10 Å². The molecule has 0 aromatic heterocycles. The van der Waals surface area contributed by atoms with E-state index in [1.807, 2.05) is 39.4 Å². The molecule has 0 amide bonds. The second kappa shape index (κ2) is 37.5. The number of aliphatic hydroxyl groups is 3. The summed E-state index contributed by atoms with van der Waals surface area (Å²) in [5.41, 5.74) is 0. The van der Waals surface area contributed by atoms with Crippen molar-refractivity contribution in [3.8, 4) is 0 Å². The van der Waals surface area contributed by atoms with Crippen molar-refractivity contribution in [2.45, 2.75) is 224 Å². The number of rotatable bonds is 42. The first-order chi connectivity index (χ1) is 30.2. The van der Waals surface area contributed by atoms with Crippen LogP contribution in [0.5, 0.6) is 0 Å². The van der Waals surface area contributed by atoms with E-state index in [0.717, 1.165) is 38.5 Å². The van der Waals surface area contributed by atoms with Crippen LogP contribution in [-0.4, -0.2) is 109 Å². The van der Waals surface area contributed by atoms with Crippen LogP contribution in [0.4, 0.5) is 0 Å². The highest BCUT2D eigenvalue weighted by atomic mass is 31.2. The van der Waals surface area contributed by atoms with Gasteiger partial charge in [-0.3, -0.25) is 18.6 Å². The van der Waals surface area contributed by atoms with Crippen molar-refractivity contribution in [3.63, 3.8) is 0 Å². The van der Waals surface area contributed by atoms with Gasteiger partial charge >= 0.3 is 19.8 Å². The molecular formula is C50H95NO11P+. The highest BCUT2D eigenvalue weighted by molar-refractivity contribution is 7.47. The summed E-state index contributed by atoms with van der Waals surface area (Å²) >= 11 is 0. The van der Waals surface area contributed by atoms with E-state index in [2.05, 4.69) is 13.8 Å². The number of unbranched alkanes of at least 4 members (excludes halogenated alkanes) is 21. The molecule has 63 heavy (non-hydrogen) atoms. The van der Waals surface area contributed by atoms with Crippen LogP contribution in [0.1, 0.15) is 200 Å². The molecule has 0 spiro atoms. The molecule has 7 atom stereocenters. The van der Waals surface area contributed by atoms with E-state index in [1.54, 1.807) is 6.08 Å². The van der Waals surface area contributed by atoms with Crippen molar-refractivity contribution in [1.29, 1.82) is 0 Å². The van der Waals surface area contributed by atoms with Gasteiger partial charge in [0.25, 0.3) is 0 Å². The van der Waals surface area contributed by atoms with Crippen LogP contribution in [0, 0.1) is 11.8 Å². The topological polar surface area (TPSA) is 169 Å². The summed E-state index contributed by atoms with van der Waals surface area (Å²) in [4.78, 5) is 35.7. The number of hydrogen-bond acceptors (Lipinski definition) is 10. The van der Waals surface area contributed by atoms with Crippen LogP contribution in [0.3, 0.4) is 0 Å². The van der Waals surface area contributed by atoms with E-state index in [4.69, 9.17) is 18.5 Å². The number of hydrogen-bond donors (Lipinski definition) is 4. The summed E-state index contributed by atoms with van der Waals surface area (Å²) in [5.74, 6) is -1.39. The minimum atomic E-state index is -4.45. The Balaban J connectivity index is 2.41. The second-order valence-electron chi connectivity index (χ2n) is 19.2. The van der Waals surface area contributed by atoms with Gasteiger partial charge in [0, 0.05) is 25.2 Å². The third kappa shape index (κ3) is 34.4. The van der Waals surface area contributed by atoms with Crippen LogP contribution in [-0.2, 0) is 32.7 Å². The molecule has 1 rings (SSSR count). The first-order valence-corrected chi connectivity index (χ1v) is 26.8. The van der Waals surface area contributed by atoms with Crippen molar-refractivity contribution in [2.75, 3.05) is 47.5 Å². The summed E-state index contributed by atoms with van der Waals surface area (Å²) < 4.78 is 34.4. The van der Waals surface area contributed by atoms with E-state index in [-0.39, 0.29) is 37.9 Å². The fourth-order valence-corrected chi connectivity index (χ4v) is 8.75. The van der Waals surface area contributed by atoms with Gasteiger partial charge in [-0.1, -0.05) is 173 Å². The quantitative estimate of drug-likeness (QED) is 0.0151. The molecule has 1 unspecified atom stereocenters. The summed E-state index contributed by atoms with van der Waals surface area (Å²) in [7, 11) is 1.34. The number of carbonyl (C=O) groups is 2. The molecule has 370 valence electrons. The maximum Gasteiger partial charge on any atom is 0.472 e. The highest BCUT2D eigenvalue weighted by Crippen LogP contribution is 2.43. The number of phosphoric ester groups is 1. The maximum atomic E-state index is 12.8. The number of esters is 2. The summed E-state index contributed by atoms with van der Waals surface area (Å²) in [6.07, 6.45) is 34.6. The molecule has 0 radical (unpaired) electrons. The molecular weight excluding hydrogens is 822 g/mol. The molecule has 0 saturated heterocycles. The Morgan fingerprint density at radius 2 is 1.21 bits per heavy atom. The molecule has 1 aliphatic rings. The Labute approximate surface area is 384 Å². The number of quaternary nitrogens is 1. The number of ether oxygens (including phenoxy) is 2. The maximum absolute atomic E-state index is 12.8. The Hall–Kier alpha value is -1.63. The third-order valence-corrected chi connectivity index (χ3v) is 13.0. The van der Waals surface area contributed by atoms with Crippen molar-refractivity contribution >= 4 is 19.8 Å². The minimum absolute atomic E-state index is 0.0103. The molecule has 12 nitrogen and oxygen atoms in total. The zero-order valence-electron chi connectivity index (χ0n) is 40.6. The van der Waals surface area contributed by atoms with Crippen LogP contribution >= 0.6 is 7.82 Å². The number of likely N-dealkylation sites (N-methyl/N-ethyl adjacent to an activating group) is 1. The molecule has 0 heterocycles. The smallest absolute Gasteiger partial charge is 0.462 e. The lowest BCUT2D eigenvalue weighted by Crippen LogP contribution is -2.37. The average Bonchev–Trinajstić information content (AvgIpc) is 3.50. The van der Waals surface area contributed by atoms with Crippen molar-refractivity contribution in [2.24, 2.45) is 11.8 Å². The summed E-state index contributed by atoms with van der Waals surface area (Å²) in [6, 6.07) is 0. The van der Waals surface area contributed by atoms with Gasteiger partial charge in [-0.05, 0) is 38.0 Å². The average molecular weight is 917 g/mol. The van der Waals surface area contributed by atoms with Gasteiger partial charge in [0.1, 0.15) is 19.8 Å². The van der Waals surface area contributed by atoms with Crippen LogP contribution in [0.15, 0.2) is 24.3 Å². The molecule has 0 aliphatic heterocycles. The lowest BCUT2D eigenvalue weighted by molar-refractivity contribution is -0.870. The Morgan fingerprint density at radius 1 is 0.683 bits per heavy atom. The summed E-state index contributed by atoms with van der Waals surface area (Å²) in [6.45, 7) is 4.07. The summed E-state index contributed by atoms with van der Waals surface area (Å²) in [5, 5.41) is 31.4. The SMILES string of the molecule is CCCCCCCCCCCCCCCCCCCCCC(=O)OC[C@H](COP(=O)(O)OCC[N+](C)(C)C)OC(=O)CCC/C=C/C[C@@H]1[C@@H](/C=C/[C@@H](O)CCCCC)[C@H](O)C[C@@H]1O. The van der Waals surface area contributed by atoms with Gasteiger partial charge in [-0.15, -0.1) is 0 Å². The van der Waals surface area contributed by atoms with Crippen LogP contribution in [0.25, 0.3) is 0 Å². The monoisotopic (exact) mass is 917 g/mol. The zero-order chi connectivity index (χ0) is 46.6. The number of nitrogens with zero attached hydrogens (tertiary/aromatic N) is 1. The van der Waals surface area contributed by atoms with Gasteiger partial charge in [0.2, 0.25) is 0 Å². The fourth-order valence-electron chi connectivity index (χ4n) is 8.01. The third-order valence-electron chi connectivity index (χ3n) is 12.1. The molecule has 1 fully saturated rings. The van der Waals surface area contributed by atoms with E-state index >= 15 is 0 Å². The van der Waals surface area contributed by atoms with Gasteiger partial charge in [0.05, 0.1) is 46.1 Å². The molecule has 13 heteroatoms. The normalized spacial score (nSPS) is 20.1. The molecule has 4 N–H and O–H groups in total. The Bertz CT molecular complexity index is 1240. The number of allylic oxidation sites excluding steroid dienone is 2. The highest BCUT2D eigenvalue weighted by Gasteiger charge is 2.39. The first kappa shape index (κ1) is 59.4. The molecule has 0 bridgehead atoms. The van der Waals surface area contributed by atoms with Crippen molar-refractivity contribution in [3.05, 3.63) is 24.3 Å². The molecule has 0 aromatic carbocycles. The van der Waals surface area contributed by atoms with E-state index < -0.39 is 50.8 Å². The van der Waals surface area contributed by atoms with Gasteiger partial charge < -0.3 is 34.2 Å².